The number of rotatable bonds is 3. The van der Waals surface area contributed by atoms with Crippen LogP contribution in [-0.2, 0) is 11.2 Å². The Morgan fingerprint density at radius 1 is 1.35 bits per heavy atom. The second kappa shape index (κ2) is 5.86. The summed E-state index contributed by atoms with van der Waals surface area (Å²) in [5, 5.41) is 3.19. The molecule has 4 heteroatoms. The molecule has 108 valence electrons. The Hall–Kier alpha value is -0.870. The smallest absolute Gasteiger partial charge is 0.220 e. The van der Waals surface area contributed by atoms with E-state index in [1.54, 1.807) is 0 Å². The van der Waals surface area contributed by atoms with Crippen LogP contribution in [0, 0.1) is 5.92 Å². The molecule has 2 aliphatic carbocycles. The molecule has 3 rings (SSSR count). The summed E-state index contributed by atoms with van der Waals surface area (Å²) in [6.07, 6.45) is 5.97. The number of hydrogen-bond donors (Lipinski definition) is 2. The van der Waals surface area contributed by atoms with E-state index in [0.717, 1.165) is 30.2 Å². The number of benzene rings is 1. The fourth-order valence-corrected chi connectivity index (χ4v) is 3.95. The van der Waals surface area contributed by atoms with Gasteiger partial charge >= 0.3 is 0 Å². The highest BCUT2D eigenvalue weighted by Crippen LogP contribution is 2.33. The van der Waals surface area contributed by atoms with Crippen LogP contribution in [0.3, 0.4) is 0 Å². The highest BCUT2D eigenvalue weighted by Gasteiger charge is 2.28. The van der Waals surface area contributed by atoms with Gasteiger partial charge in [0.2, 0.25) is 5.91 Å². The maximum atomic E-state index is 12.2. The van der Waals surface area contributed by atoms with Crippen molar-refractivity contribution in [2.75, 3.05) is 0 Å². The molecule has 0 bridgehead atoms. The first kappa shape index (κ1) is 14.1. The zero-order chi connectivity index (χ0) is 14.1. The second-order valence-electron chi connectivity index (χ2n) is 6.06. The van der Waals surface area contributed by atoms with Crippen LogP contribution in [0.4, 0.5) is 0 Å². The van der Waals surface area contributed by atoms with Gasteiger partial charge < -0.3 is 11.1 Å². The van der Waals surface area contributed by atoms with Crippen molar-refractivity contribution in [3.05, 3.63) is 33.8 Å². The predicted molar refractivity (Wildman–Crippen MR) is 83.3 cm³/mol. The standard InChI is InChI=1S/C16H21BrN2O/c17-12-5-6-13-10(8-12)4-7-15(13)19-16(20)9-11-2-1-3-14(11)18/h5-6,8,11,14-15H,1-4,7,9,18H2,(H,19,20)/t11-,14+,15?/m0/s1. The molecule has 3 atom stereocenters. The van der Waals surface area contributed by atoms with Crippen molar-refractivity contribution >= 4 is 21.8 Å². The first-order valence-electron chi connectivity index (χ1n) is 7.47. The summed E-state index contributed by atoms with van der Waals surface area (Å²) in [6.45, 7) is 0. The summed E-state index contributed by atoms with van der Waals surface area (Å²) in [6, 6.07) is 6.74. The highest BCUT2D eigenvalue weighted by atomic mass is 79.9. The lowest BCUT2D eigenvalue weighted by molar-refractivity contribution is -0.122. The molecule has 2 aliphatic rings. The summed E-state index contributed by atoms with van der Waals surface area (Å²) < 4.78 is 1.11. The number of carbonyl (C=O) groups is 1. The van der Waals surface area contributed by atoms with E-state index in [-0.39, 0.29) is 18.0 Å². The van der Waals surface area contributed by atoms with E-state index in [1.165, 1.54) is 17.5 Å². The summed E-state index contributed by atoms with van der Waals surface area (Å²) in [5.41, 5.74) is 8.67. The topological polar surface area (TPSA) is 55.1 Å². The predicted octanol–water partition coefficient (Wildman–Crippen LogP) is 3.07. The fourth-order valence-electron chi connectivity index (χ4n) is 3.55. The highest BCUT2D eigenvalue weighted by molar-refractivity contribution is 9.10. The lowest BCUT2D eigenvalue weighted by atomic mass is 9.99. The third-order valence-corrected chi connectivity index (χ3v) is 5.18. The van der Waals surface area contributed by atoms with E-state index >= 15 is 0 Å². The molecule has 0 radical (unpaired) electrons. The number of halogens is 1. The van der Waals surface area contributed by atoms with Gasteiger partial charge in [-0.15, -0.1) is 0 Å². The normalized spacial score (nSPS) is 28.4. The molecule has 1 aromatic carbocycles. The van der Waals surface area contributed by atoms with Gasteiger partial charge in [0.25, 0.3) is 0 Å². The SMILES string of the molecule is N[C@@H]1CCC[C@H]1CC(=O)NC1CCc2cc(Br)ccc21. The third kappa shape index (κ3) is 2.91. The third-order valence-electron chi connectivity index (χ3n) is 4.68. The van der Waals surface area contributed by atoms with Crippen LogP contribution >= 0.6 is 15.9 Å². The van der Waals surface area contributed by atoms with Gasteiger partial charge in [-0.3, -0.25) is 4.79 Å². The zero-order valence-electron chi connectivity index (χ0n) is 11.6. The number of nitrogens with two attached hydrogens (primary N) is 1. The second-order valence-corrected chi connectivity index (χ2v) is 6.98. The zero-order valence-corrected chi connectivity index (χ0v) is 13.2. The van der Waals surface area contributed by atoms with Crippen molar-refractivity contribution in [3.8, 4) is 0 Å². The van der Waals surface area contributed by atoms with Gasteiger partial charge in [0.1, 0.15) is 0 Å². The van der Waals surface area contributed by atoms with Crippen molar-refractivity contribution in [2.45, 2.75) is 50.6 Å². The molecule has 0 saturated heterocycles. The molecule has 0 spiro atoms. The van der Waals surface area contributed by atoms with Crippen LogP contribution < -0.4 is 11.1 Å². The molecule has 1 fully saturated rings. The number of nitrogens with one attached hydrogen (secondary N) is 1. The summed E-state index contributed by atoms with van der Waals surface area (Å²) in [5.74, 6) is 0.536. The Bertz CT molecular complexity index is 517. The number of amides is 1. The Morgan fingerprint density at radius 2 is 2.20 bits per heavy atom. The number of hydrogen-bond acceptors (Lipinski definition) is 2. The average Bonchev–Trinajstić information content (AvgIpc) is 2.97. The van der Waals surface area contributed by atoms with Gasteiger partial charge in [0.05, 0.1) is 6.04 Å². The average molecular weight is 337 g/mol. The summed E-state index contributed by atoms with van der Waals surface area (Å²) in [4.78, 5) is 12.2. The molecule has 3 nitrogen and oxygen atoms in total. The molecule has 1 unspecified atom stereocenters. The van der Waals surface area contributed by atoms with Crippen LogP contribution in [0.1, 0.15) is 49.3 Å². The van der Waals surface area contributed by atoms with E-state index in [2.05, 4.69) is 39.4 Å². The Morgan fingerprint density at radius 3 is 2.95 bits per heavy atom. The molecule has 3 N–H and O–H groups in total. The minimum atomic E-state index is 0.160. The molecule has 0 aromatic heterocycles. The van der Waals surface area contributed by atoms with Crippen LogP contribution in [0.5, 0.6) is 0 Å². The van der Waals surface area contributed by atoms with Crippen molar-refractivity contribution in [1.82, 2.24) is 5.32 Å². The van der Waals surface area contributed by atoms with Crippen molar-refractivity contribution in [1.29, 1.82) is 0 Å². The fraction of sp³-hybridized carbons (Fsp3) is 0.562. The Balaban J connectivity index is 1.61. The van der Waals surface area contributed by atoms with Crippen molar-refractivity contribution in [3.63, 3.8) is 0 Å². The monoisotopic (exact) mass is 336 g/mol. The number of carbonyl (C=O) groups excluding carboxylic acids is 1. The van der Waals surface area contributed by atoms with Gasteiger partial charge in [-0.05, 0) is 54.9 Å². The number of aryl methyl sites for hydroxylation is 1. The van der Waals surface area contributed by atoms with Gasteiger partial charge in [0, 0.05) is 16.9 Å². The Labute approximate surface area is 128 Å². The van der Waals surface area contributed by atoms with E-state index in [1.807, 2.05) is 0 Å². The molecule has 1 saturated carbocycles. The van der Waals surface area contributed by atoms with Gasteiger partial charge in [-0.1, -0.05) is 28.4 Å². The molecule has 0 aliphatic heterocycles. The first-order valence-corrected chi connectivity index (χ1v) is 8.26. The van der Waals surface area contributed by atoms with Crippen LogP contribution in [0.2, 0.25) is 0 Å². The maximum Gasteiger partial charge on any atom is 0.220 e. The van der Waals surface area contributed by atoms with Gasteiger partial charge in [-0.2, -0.15) is 0 Å². The minimum Gasteiger partial charge on any atom is -0.349 e. The summed E-state index contributed by atoms with van der Waals surface area (Å²) in [7, 11) is 0. The minimum absolute atomic E-state index is 0.160. The Kier molecular flexibility index (Phi) is 4.13. The maximum absolute atomic E-state index is 12.2. The van der Waals surface area contributed by atoms with E-state index in [0.29, 0.717) is 12.3 Å². The largest absolute Gasteiger partial charge is 0.349 e. The van der Waals surface area contributed by atoms with Crippen LogP contribution in [0.25, 0.3) is 0 Å². The number of fused-ring (bicyclic) bond motifs is 1. The lowest BCUT2D eigenvalue weighted by Gasteiger charge is -2.18. The van der Waals surface area contributed by atoms with Gasteiger partial charge in [0.15, 0.2) is 0 Å². The molecule has 1 aromatic rings. The molecule has 20 heavy (non-hydrogen) atoms. The van der Waals surface area contributed by atoms with E-state index in [9.17, 15) is 4.79 Å². The van der Waals surface area contributed by atoms with Crippen molar-refractivity contribution in [2.24, 2.45) is 11.7 Å². The first-order chi connectivity index (χ1) is 9.63. The molecule has 1 amide bonds. The van der Waals surface area contributed by atoms with Crippen LogP contribution in [0.15, 0.2) is 22.7 Å². The summed E-state index contributed by atoms with van der Waals surface area (Å²) >= 11 is 3.50. The van der Waals surface area contributed by atoms with Crippen molar-refractivity contribution < 1.29 is 4.79 Å². The quantitative estimate of drug-likeness (QED) is 0.891. The van der Waals surface area contributed by atoms with Gasteiger partial charge in [-0.25, -0.2) is 0 Å². The molecule has 0 heterocycles. The molecular weight excluding hydrogens is 316 g/mol. The lowest BCUT2D eigenvalue weighted by Crippen LogP contribution is -2.33. The molecular formula is C16H21BrN2O. The van der Waals surface area contributed by atoms with E-state index in [4.69, 9.17) is 5.73 Å². The van der Waals surface area contributed by atoms with Crippen LogP contribution in [-0.4, -0.2) is 11.9 Å². The van der Waals surface area contributed by atoms with E-state index < -0.39 is 0 Å².